The van der Waals surface area contributed by atoms with Crippen LogP contribution in [0.3, 0.4) is 0 Å². The molecule has 0 unspecified atom stereocenters. The second-order valence-electron chi connectivity index (χ2n) is 5.66. The van der Waals surface area contributed by atoms with Gasteiger partial charge in [0.25, 0.3) is 0 Å². The van der Waals surface area contributed by atoms with Gasteiger partial charge in [-0.05, 0) is 18.2 Å². The fourth-order valence-corrected chi connectivity index (χ4v) is 3.27. The van der Waals surface area contributed by atoms with Crippen molar-refractivity contribution in [2.24, 2.45) is 5.73 Å². The van der Waals surface area contributed by atoms with Gasteiger partial charge in [0.15, 0.2) is 0 Å². The molecule has 3 aromatic rings. The van der Waals surface area contributed by atoms with E-state index in [0.717, 1.165) is 0 Å². The van der Waals surface area contributed by atoms with Crippen LogP contribution in [0.4, 0.5) is 0 Å². The minimum absolute atomic E-state index is 0.0504. The maximum Gasteiger partial charge on any atom is 0.120 e. The molecule has 0 radical (unpaired) electrons. The lowest BCUT2D eigenvalue weighted by Gasteiger charge is -2.35. The van der Waals surface area contributed by atoms with E-state index >= 15 is 0 Å². The molecule has 0 amide bonds. The van der Waals surface area contributed by atoms with Gasteiger partial charge in [-0.15, -0.1) is 0 Å². The van der Waals surface area contributed by atoms with E-state index in [0.29, 0.717) is 16.7 Å². The molecule has 3 aromatic carbocycles. The molecular weight excluding hydrogens is 302 g/mol. The van der Waals surface area contributed by atoms with Gasteiger partial charge >= 0.3 is 0 Å². The van der Waals surface area contributed by atoms with E-state index in [9.17, 15) is 15.3 Å². The molecule has 0 bridgehead atoms. The zero-order valence-corrected chi connectivity index (χ0v) is 13.1. The lowest BCUT2D eigenvalue weighted by Crippen LogP contribution is -2.38. The van der Waals surface area contributed by atoms with Gasteiger partial charge in [0.1, 0.15) is 17.2 Å². The normalized spacial score (nSPS) is 11.4. The number of nitrogens with two attached hydrogens (primary N) is 1. The lowest BCUT2D eigenvalue weighted by atomic mass is 9.68. The van der Waals surface area contributed by atoms with Gasteiger partial charge in [-0.2, -0.15) is 0 Å². The predicted octanol–water partition coefficient (Wildman–Crippen LogP) is 3.10. The molecule has 3 rings (SSSR count). The second kappa shape index (κ2) is 6.26. The Kier molecular flexibility index (Phi) is 4.15. The highest BCUT2D eigenvalue weighted by Crippen LogP contribution is 2.47. The number of phenols is 3. The maximum absolute atomic E-state index is 10.5. The van der Waals surface area contributed by atoms with Gasteiger partial charge in [-0.25, -0.2) is 0 Å². The third-order valence-electron chi connectivity index (χ3n) is 4.40. The number of phenolic OH excluding ortho intramolecular Hbond substituents is 3. The van der Waals surface area contributed by atoms with Gasteiger partial charge in [0.05, 0.1) is 5.41 Å². The van der Waals surface area contributed by atoms with E-state index in [-0.39, 0.29) is 23.8 Å². The number of benzene rings is 3. The van der Waals surface area contributed by atoms with Crippen molar-refractivity contribution in [1.82, 2.24) is 0 Å². The topological polar surface area (TPSA) is 86.7 Å². The smallest absolute Gasteiger partial charge is 0.120 e. The Morgan fingerprint density at radius 2 is 0.875 bits per heavy atom. The summed E-state index contributed by atoms with van der Waals surface area (Å²) in [6, 6.07) is 20.5. The molecule has 0 aliphatic rings. The van der Waals surface area contributed by atoms with Crippen LogP contribution < -0.4 is 5.73 Å². The quantitative estimate of drug-likeness (QED) is 0.556. The molecule has 0 saturated carbocycles. The minimum Gasteiger partial charge on any atom is -0.508 e. The molecule has 4 heteroatoms. The lowest BCUT2D eigenvalue weighted by molar-refractivity contribution is 0.422. The Morgan fingerprint density at radius 3 is 1.12 bits per heavy atom. The van der Waals surface area contributed by atoms with Gasteiger partial charge < -0.3 is 21.1 Å². The maximum atomic E-state index is 10.5. The minimum atomic E-state index is -1.08. The Balaban J connectivity index is 2.43. The summed E-state index contributed by atoms with van der Waals surface area (Å²) >= 11 is 0. The fourth-order valence-electron chi connectivity index (χ4n) is 3.27. The summed E-state index contributed by atoms with van der Waals surface area (Å²) in [4.78, 5) is 0. The molecule has 4 nitrogen and oxygen atoms in total. The number of hydrogen-bond donors (Lipinski definition) is 4. The van der Waals surface area contributed by atoms with Crippen molar-refractivity contribution in [1.29, 1.82) is 0 Å². The molecule has 0 fully saturated rings. The molecule has 24 heavy (non-hydrogen) atoms. The van der Waals surface area contributed by atoms with Crippen LogP contribution in [0.1, 0.15) is 16.7 Å². The molecule has 0 heterocycles. The average Bonchev–Trinajstić information content (AvgIpc) is 2.60. The summed E-state index contributed by atoms with van der Waals surface area (Å²) < 4.78 is 0. The molecule has 0 aliphatic heterocycles. The monoisotopic (exact) mass is 321 g/mol. The largest absolute Gasteiger partial charge is 0.508 e. The first kappa shape index (κ1) is 15.9. The number of hydrogen-bond acceptors (Lipinski definition) is 4. The summed E-state index contributed by atoms with van der Waals surface area (Å²) in [6.07, 6.45) is 0. The van der Waals surface area contributed by atoms with Crippen molar-refractivity contribution in [2.75, 3.05) is 6.54 Å². The first-order valence-corrected chi connectivity index (χ1v) is 7.66. The van der Waals surface area contributed by atoms with Crippen molar-refractivity contribution in [3.05, 3.63) is 89.5 Å². The van der Waals surface area contributed by atoms with E-state index in [1.54, 1.807) is 72.8 Å². The molecular formula is C20H19NO3. The van der Waals surface area contributed by atoms with Crippen LogP contribution in [0, 0.1) is 0 Å². The molecule has 0 spiro atoms. The number of rotatable bonds is 4. The molecule has 0 saturated heterocycles. The third-order valence-corrected chi connectivity index (χ3v) is 4.40. The van der Waals surface area contributed by atoms with Crippen molar-refractivity contribution in [2.45, 2.75) is 5.41 Å². The second-order valence-corrected chi connectivity index (χ2v) is 5.66. The van der Waals surface area contributed by atoms with Gasteiger partial charge in [-0.1, -0.05) is 54.6 Å². The highest BCUT2D eigenvalue weighted by molar-refractivity contribution is 5.61. The third kappa shape index (κ3) is 2.37. The van der Waals surface area contributed by atoms with Crippen molar-refractivity contribution in [3.63, 3.8) is 0 Å². The Labute approximate surface area is 140 Å². The van der Waals surface area contributed by atoms with Crippen LogP contribution in [0.5, 0.6) is 17.2 Å². The van der Waals surface area contributed by atoms with E-state index in [1.165, 1.54) is 0 Å². The molecule has 0 aliphatic carbocycles. The van der Waals surface area contributed by atoms with Gasteiger partial charge in [0.2, 0.25) is 0 Å². The van der Waals surface area contributed by atoms with Crippen LogP contribution in [-0.2, 0) is 5.41 Å². The van der Waals surface area contributed by atoms with E-state index in [4.69, 9.17) is 5.73 Å². The first-order valence-electron chi connectivity index (χ1n) is 7.66. The molecule has 0 atom stereocenters. The van der Waals surface area contributed by atoms with E-state index < -0.39 is 5.41 Å². The molecule has 0 aromatic heterocycles. The Morgan fingerprint density at radius 1 is 0.583 bits per heavy atom. The highest BCUT2D eigenvalue weighted by atomic mass is 16.3. The van der Waals surface area contributed by atoms with Crippen LogP contribution in [0.2, 0.25) is 0 Å². The van der Waals surface area contributed by atoms with Gasteiger partial charge in [0, 0.05) is 23.2 Å². The number of aromatic hydroxyl groups is 3. The Hall–Kier alpha value is -2.98. The summed E-state index contributed by atoms with van der Waals surface area (Å²) in [5.41, 5.74) is 6.67. The van der Waals surface area contributed by atoms with Gasteiger partial charge in [-0.3, -0.25) is 0 Å². The van der Waals surface area contributed by atoms with Crippen LogP contribution in [0.15, 0.2) is 72.8 Å². The Bertz CT molecular complexity index is 750. The van der Waals surface area contributed by atoms with Crippen molar-refractivity contribution >= 4 is 0 Å². The summed E-state index contributed by atoms with van der Waals surface area (Å²) in [6.45, 7) is 0.0553. The fraction of sp³-hybridized carbons (Fsp3) is 0.100. The highest BCUT2D eigenvalue weighted by Gasteiger charge is 2.40. The molecule has 122 valence electrons. The van der Waals surface area contributed by atoms with E-state index in [2.05, 4.69) is 0 Å². The SMILES string of the molecule is NCC(c1ccccc1O)(c1ccccc1O)c1ccccc1O. The standard InChI is InChI=1S/C20H19NO3/c21-13-20(14-7-1-4-10-17(14)22,15-8-2-5-11-18(15)23)16-9-3-6-12-19(16)24/h1-12,22-24H,13,21H2. The van der Waals surface area contributed by atoms with Crippen LogP contribution in [-0.4, -0.2) is 21.9 Å². The predicted molar refractivity (Wildman–Crippen MR) is 93.3 cm³/mol. The summed E-state index contributed by atoms with van der Waals surface area (Å²) in [5, 5.41) is 31.4. The number of para-hydroxylation sites is 3. The first-order chi connectivity index (χ1) is 11.6. The summed E-state index contributed by atoms with van der Waals surface area (Å²) in [7, 11) is 0. The van der Waals surface area contributed by atoms with Crippen molar-refractivity contribution < 1.29 is 15.3 Å². The van der Waals surface area contributed by atoms with Crippen molar-refractivity contribution in [3.8, 4) is 17.2 Å². The molecule has 5 N–H and O–H groups in total. The van der Waals surface area contributed by atoms with E-state index in [1.807, 2.05) is 0 Å². The zero-order chi connectivity index (χ0) is 17.2. The average molecular weight is 321 g/mol. The van der Waals surface area contributed by atoms with Crippen LogP contribution in [0.25, 0.3) is 0 Å². The summed E-state index contributed by atoms with van der Waals surface area (Å²) in [5.74, 6) is 0.151. The van der Waals surface area contributed by atoms with Crippen LogP contribution >= 0.6 is 0 Å². The zero-order valence-electron chi connectivity index (χ0n) is 13.1.